The van der Waals surface area contributed by atoms with Crippen LogP contribution in [0.4, 0.5) is 18.0 Å². The molecule has 1 atom stereocenters. The van der Waals surface area contributed by atoms with E-state index in [1.165, 1.54) is 12.1 Å². The maximum atomic E-state index is 14.3. The summed E-state index contributed by atoms with van der Waals surface area (Å²) < 4.78 is 48.1. The molecule has 2 rings (SSSR count). The molecule has 1 aromatic carbocycles. The van der Waals surface area contributed by atoms with E-state index in [4.69, 9.17) is 17.0 Å². The van der Waals surface area contributed by atoms with Gasteiger partial charge in [0.25, 0.3) is 6.43 Å². The Balaban J connectivity index is 2.45. The van der Waals surface area contributed by atoms with E-state index < -0.39 is 36.0 Å². The second-order valence-electron chi connectivity index (χ2n) is 6.78. The number of halogens is 4. The molecule has 1 unspecified atom stereocenters. The first-order chi connectivity index (χ1) is 11.4. The minimum atomic E-state index is -3.01. The first-order valence-electron chi connectivity index (χ1n) is 7.47. The lowest BCUT2D eigenvalue weighted by atomic mass is 9.87. The quantitative estimate of drug-likeness (QED) is 0.701. The zero-order chi connectivity index (χ0) is 19.0. The zero-order valence-electron chi connectivity index (χ0n) is 13.9. The van der Waals surface area contributed by atoms with Crippen LogP contribution in [-0.4, -0.2) is 41.1 Å². The molecular formula is C16H18BrF3N2O2S. The number of alkyl halides is 2. The van der Waals surface area contributed by atoms with E-state index in [-0.39, 0.29) is 17.1 Å². The third-order valence-electron chi connectivity index (χ3n) is 3.57. The number of carbonyl (C=O) groups is 1. The van der Waals surface area contributed by atoms with E-state index in [0.29, 0.717) is 4.47 Å². The number of piperazine rings is 1. The molecule has 1 amide bonds. The van der Waals surface area contributed by atoms with Crippen LogP contribution >= 0.6 is 28.1 Å². The lowest BCUT2D eigenvalue weighted by Gasteiger charge is -2.44. The van der Waals surface area contributed by atoms with E-state index in [9.17, 15) is 18.0 Å². The van der Waals surface area contributed by atoms with Gasteiger partial charge in [-0.25, -0.2) is 18.0 Å². The molecule has 1 saturated heterocycles. The summed E-state index contributed by atoms with van der Waals surface area (Å²) in [5.74, 6) is -0.815. The molecule has 1 fully saturated rings. The van der Waals surface area contributed by atoms with Gasteiger partial charge in [-0.05, 0) is 39.0 Å². The molecule has 4 nitrogen and oxygen atoms in total. The van der Waals surface area contributed by atoms with Gasteiger partial charge in [-0.1, -0.05) is 28.1 Å². The molecule has 0 spiro atoms. The summed E-state index contributed by atoms with van der Waals surface area (Å²) in [7, 11) is 0. The number of hydrogen-bond acceptors (Lipinski definition) is 3. The standard InChI is InChI=1S/C16H18BrF3N2O2S/c1-15(2,3)24-14(23)22-7-12(25)21-16(8-22,13(19)20)10-6-9(17)4-5-11(10)18/h4-6,13H,7-8H2,1-3H3,(H,21,25). The van der Waals surface area contributed by atoms with Crippen LogP contribution < -0.4 is 5.32 Å². The van der Waals surface area contributed by atoms with Gasteiger partial charge in [0.1, 0.15) is 17.0 Å². The van der Waals surface area contributed by atoms with Gasteiger partial charge in [0.05, 0.1) is 18.1 Å². The summed E-state index contributed by atoms with van der Waals surface area (Å²) >= 11 is 8.22. The molecule has 1 aliphatic heterocycles. The average Bonchev–Trinajstić information content (AvgIpc) is 2.47. The predicted molar refractivity (Wildman–Crippen MR) is 95.3 cm³/mol. The number of nitrogens with one attached hydrogen (secondary N) is 1. The number of hydrogen-bond donors (Lipinski definition) is 1. The van der Waals surface area contributed by atoms with Crippen LogP contribution in [0.15, 0.2) is 22.7 Å². The Kier molecular flexibility index (Phi) is 5.68. The molecule has 9 heteroatoms. The lowest BCUT2D eigenvalue weighted by Crippen LogP contribution is -2.65. The number of amides is 1. The third kappa shape index (κ3) is 4.44. The smallest absolute Gasteiger partial charge is 0.410 e. The molecule has 0 radical (unpaired) electrons. The Morgan fingerprint density at radius 3 is 2.64 bits per heavy atom. The maximum Gasteiger partial charge on any atom is 0.410 e. The second-order valence-corrected chi connectivity index (χ2v) is 8.19. The zero-order valence-corrected chi connectivity index (χ0v) is 16.3. The van der Waals surface area contributed by atoms with Crippen molar-refractivity contribution in [2.24, 2.45) is 0 Å². The van der Waals surface area contributed by atoms with Crippen LogP contribution in [0.2, 0.25) is 0 Å². The lowest BCUT2D eigenvalue weighted by molar-refractivity contribution is -0.0118. The topological polar surface area (TPSA) is 41.6 Å². The van der Waals surface area contributed by atoms with Crippen molar-refractivity contribution in [1.29, 1.82) is 0 Å². The Bertz CT molecular complexity index is 696. The fraction of sp³-hybridized carbons (Fsp3) is 0.500. The Morgan fingerprint density at radius 2 is 2.08 bits per heavy atom. The van der Waals surface area contributed by atoms with Crippen LogP contribution in [0.3, 0.4) is 0 Å². The van der Waals surface area contributed by atoms with Gasteiger partial charge in [-0.2, -0.15) is 0 Å². The average molecular weight is 439 g/mol. The maximum absolute atomic E-state index is 14.3. The third-order valence-corrected chi connectivity index (χ3v) is 4.29. The summed E-state index contributed by atoms with van der Waals surface area (Å²) in [5, 5.41) is 2.53. The number of benzene rings is 1. The highest BCUT2D eigenvalue weighted by atomic mass is 79.9. The summed E-state index contributed by atoms with van der Waals surface area (Å²) in [4.78, 5) is 13.4. The highest BCUT2D eigenvalue weighted by Crippen LogP contribution is 2.35. The van der Waals surface area contributed by atoms with Crippen LogP contribution in [-0.2, 0) is 10.3 Å². The molecule has 25 heavy (non-hydrogen) atoms. The van der Waals surface area contributed by atoms with E-state index in [0.717, 1.165) is 11.0 Å². The van der Waals surface area contributed by atoms with Crippen molar-refractivity contribution in [2.75, 3.05) is 13.1 Å². The van der Waals surface area contributed by atoms with E-state index >= 15 is 0 Å². The molecule has 1 N–H and O–H groups in total. The van der Waals surface area contributed by atoms with Gasteiger partial charge in [0.2, 0.25) is 0 Å². The number of carbonyl (C=O) groups excluding carboxylic acids is 1. The molecule has 0 bridgehead atoms. The van der Waals surface area contributed by atoms with Crippen molar-refractivity contribution in [3.8, 4) is 0 Å². The fourth-order valence-electron chi connectivity index (χ4n) is 2.55. The molecule has 1 aliphatic rings. The van der Waals surface area contributed by atoms with Gasteiger partial charge < -0.3 is 10.1 Å². The normalized spacial score (nSPS) is 21.3. The Hall–Kier alpha value is -1.35. The molecule has 0 aromatic heterocycles. The number of nitrogens with zero attached hydrogens (tertiary/aromatic N) is 1. The molecule has 0 saturated carbocycles. The minimum absolute atomic E-state index is 0.0109. The highest BCUT2D eigenvalue weighted by molar-refractivity contribution is 9.10. The number of thiocarbonyl (C=S) groups is 1. The van der Waals surface area contributed by atoms with Crippen molar-refractivity contribution >= 4 is 39.2 Å². The summed E-state index contributed by atoms with van der Waals surface area (Å²) in [6.45, 7) is 4.45. The van der Waals surface area contributed by atoms with Crippen molar-refractivity contribution in [3.63, 3.8) is 0 Å². The number of ether oxygens (including phenoxy) is 1. The van der Waals surface area contributed by atoms with Crippen LogP contribution in [0.25, 0.3) is 0 Å². The van der Waals surface area contributed by atoms with Gasteiger partial charge in [0.15, 0.2) is 0 Å². The monoisotopic (exact) mass is 438 g/mol. The van der Waals surface area contributed by atoms with Crippen LogP contribution in [0.1, 0.15) is 26.3 Å². The van der Waals surface area contributed by atoms with Crippen LogP contribution in [0, 0.1) is 5.82 Å². The van der Waals surface area contributed by atoms with Crippen molar-refractivity contribution in [1.82, 2.24) is 10.2 Å². The van der Waals surface area contributed by atoms with E-state index in [2.05, 4.69) is 21.2 Å². The highest BCUT2D eigenvalue weighted by Gasteiger charge is 2.50. The second kappa shape index (κ2) is 7.11. The van der Waals surface area contributed by atoms with E-state index in [1.807, 2.05) is 0 Å². The first kappa shape index (κ1) is 20.0. The fourth-order valence-corrected chi connectivity index (χ4v) is 3.25. The molecular weight excluding hydrogens is 421 g/mol. The molecule has 1 aromatic rings. The van der Waals surface area contributed by atoms with Crippen molar-refractivity contribution in [2.45, 2.75) is 38.3 Å². The molecule has 0 aliphatic carbocycles. The van der Waals surface area contributed by atoms with Gasteiger partial charge >= 0.3 is 6.09 Å². The SMILES string of the molecule is CC(C)(C)OC(=O)N1CC(=S)NC(c2cc(Br)ccc2F)(C(F)F)C1. The van der Waals surface area contributed by atoms with Crippen molar-refractivity contribution < 1.29 is 22.7 Å². The number of rotatable bonds is 2. The van der Waals surface area contributed by atoms with Crippen molar-refractivity contribution in [3.05, 3.63) is 34.1 Å². The summed E-state index contributed by atoms with van der Waals surface area (Å²) in [6.07, 6.45) is -3.80. The first-order valence-corrected chi connectivity index (χ1v) is 8.67. The molecule has 138 valence electrons. The Morgan fingerprint density at radius 1 is 1.44 bits per heavy atom. The largest absolute Gasteiger partial charge is 0.444 e. The predicted octanol–water partition coefficient (Wildman–Crippen LogP) is 4.22. The molecule has 1 heterocycles. The minimum Gasteiger partial charge on any atom is -0.444 e. The van der Waals surface area contributed by atoms with E-state index in [1.54, 1.807) is 20.8 Å². The Labute approximate surface area is 157 Å². The van der Waals surface area contributed by atoms with Gasteiger partial charge in [0, 0.05) is 10.0 Å². The van der Waals surface area contributed by atoms with Gasteiger partial charge in [-0.15, -0.1) is 0 Å². The van der Waals surface area contributed by atoms with Crippen LogP contribution in [0.5, 0.6) is 0 Å². The summed E-state index contributed by atoms with van der Waals surface area (Å²) in [5.41, 5.74) is -3.22. The summed E-state index contributed by atoms with van der Waals surface area (Å²) in [6, 6.07) is 3.75. The van der Waals surface area contributed by atoms with Gasteiger partial charge in [-0.3, -0.25) is 4.90 Å².